The zero-order chi connectivity index (χ0) is 18.2. The second-order valence-corrected chi connectivity index (χ2v) is 5.46. The van der Waals surface area contributed by atoms with Crippen molar-refractivity contribution < 1.29 is 14.3 Å². The van der Waals surface area contributed by atoms with Crippen LogP contribution in [-0.4, -0.2) is 24.5 Å². The van der Waals surface area contributed by atoms with Crippen LogP contribution in [0.4, 0.5) is 5.69 Å². The standard InChI is InChI=1S/C20H20N2O3/c1-3-22(17-10-5-4-6-11-17)19(23)15(2)25-20(24)18-12-8-7-9-16(18)13-14-21/h4-12,15H,3,13H2,1-2H3/t15-/m0/s1. The van der Waals surface area contributed by atoms with E-state index in [4.69, 9.17) is 10.00 Å². The van der Waals surface area contributed by atoms with Gasteiger partial charge in [-0.2, -0.15) is 5.26 Å². The Hall–Kier alpha value is -3.13. The van der Waals surface area contributed by atoms with Crippen molar-refractivity contribution in [3.63, 3.8) is 0 Å². The quantitative estimate of drug-likeness (QED) is 0.759. The smallest absolute Gasteiger partial charge is 0.339 e. The number of ether oxygens (including phenoxy) is 1. The summed E-state index contributed by atoms with van der Waals surface area (Å²) in [5.41, 5.74) is 1.65. The van der Waals surface area contributed by atoms with Crippen LogP contribution < -0.4 is 4.90 Å². The summed E-state index contributed by atoms with van der Waals surface area (Å²) in [6.07, 6.45) is -0.818. The number of anilines is 1. The van der Waals surface area contributed by atoms with Gasteiger partial charge in [0, 0.05) is 12.2 Å². The number of nitrogens with zero attached hydrogens (tertiary/aromatic N) is 2. The minimum absolute atomic E-state index is 0.110. The van der Waals surface area contributed by atoms with Gasteiger partial charge >= 0.3 is 5.97 Å². The molecular weight excluding hydrogens is 316 g/mol. The van der Waals surface area contributed by atoms with E-state index < -0.39 is 12.1 Å². The van der Waals surface area contributed by atoms with Gasteiger partial charge in [0.15, 0.2) is 6.10 Å². The summed E-state index contributed by atoms with van der Waals surface area (Å²) >= 11 is 0. The lowest BCUT2D eigenvalue weighted by Gasteiger charge is -2.24. The Morgan fingerprint density at radius 2 is 1.76 bits per heavy atom. The number of hydrogen-bond acceptors (Lipinski definition) is 4. The van der Waals surface area contributed by atoms with Crippen molar-refractivity contribution in [2.24, 2.45) is 0 Å². The minimum Gasteiger partial charge on any atom is -0.449 e. The van der Waals surface area contributed by atoms with Crippen LogP contribution >= 0.6 is 0 Å². The van der Waals surface area contributed by atoms with Crippen molar-refractivity contribution in [2.75, 3.05) is 11.4 Å². The van der Waals surface area contributed by atoms with E-state index in [1.807, 2.05) is 43.3 Å². The molecular formula is C20H20N2O3. The first-order valence-corrected chi connectivity index (χ1v) is 8.10. The van der Waals surface area contributed by atoms with Crippen molar-refractivity contribution in [3.8, 4) is 6.07 Å². The van der Waals surface area contributed by atoms with Gasteiger partial charge in [0.05, 0.1) is 18.1 Å². The van der Waals surface area contributed by atoms with Gasteiger partial charge in [-0.15, -0.1) is 0 Å². The number of carbonyl (C=O) groups is 2. The lowest BCUT2D eigenvalue weighted by Crippen LogP contribution is -2.40. The van der Waals surface area contributed by atoms with E-state index >= 15 is 0 Å². The highest BCUT2D eigenvalue weighted by Crippen LogP contribution is 2.17. The molecule has 1 amide bonds. The van der Waals surface area contributed by atoms with Gasteiger partial charge in [0.25, 0.3) is 5.91 Å². The minimum atomic E-state index is -0.928. The number of likely N-dealkylation sites (N-methyl/N-ethyl adjacent to an activating group) is 1. The molecule has 0 aromatic heterocycles. The molecule has 0 aliphatic rings. The number of hydrogen-bond donors (Lipinski definition) is 0. The van der Waals surface area contributed by atoms with Crippen LogP contribution in [0.1, 0.15) is 29.8 Å². The Balaban J connectivity index is 2.13. The molecule has 0 spiro atoms. The number of amides is 1. The van der Waals surface area contributed by atoms with Crippen molar-refractivity contribution >= 4 is 17.6 Å². The predicted octanol–water partition coefficient (Wildman–Crippen LogP) is 3.35. The third-order valence-electron chi connectivity index (χ3n) is 3.79. The van der Waals surface area contributed by atoms with Crippen LogP contribution in [0.2, 0.25) is 0 Å². The molecule has 0 bridgehead atoms. The fraction of sp³-hybridized carbons (Fsp3) is 0.250. The van der Waals surface area contributed by atoms with Gasteiger partial charge in [-0.1, -0.05) is 36.4 Å². The van der Waals surface area contributed by atoms with E-state index in [0.717, 1.165) is 5.69 Å². The number of rotatable bonds is 6. The molecule has 0 N–H and O–H groups in total. The average molecular weight is 336 g/mol. The maximum absolute atomic E-state index is 12.6. The van der Waals surface area contributed by atoms with E-state index in [1.54, 1.807) is 36.1 Å². The van der Waals surface area contributed by atoms with Crippen molar-refractivity contribution in [2.45, 2.75) is 26.4 Å². The number of nitriles is 1. The maximum Gasteiger partial charge on any atom is 0.339 e. The molecule has 0 saturated carbocycles. The van der Waals surface area contributed by atoms with Crippen LogP contribution in [0.15, 0.2) is 54.6 Å². The third-order valence-corrected chi connectivity index (χ3v) is 3.79. The highest BCUT2D eigenvalue weighted by atomic mass is 16.5. The van der Waals surface area contributed by atoms with Crippen LogP contribution in [0, 0.1) is 11.3 Å². The SMILES string of the molecule is CCN(C(=O)[C@H](C)OC(=O)c1ccccc1CC#N)c1ccccc1. The molecule has 2 aromatic rings. The average Bonchev–Trinajstić information content (AvgIpc) is 2.63. The molecule has 1 atom stereocenters. The Kier molecular flexibility index (Phi) is 6.30. The Morgan fingerprint density at radius 1 is 1.12 bits per heavy atom. The topological polar surface area (TPSA) is 70.4 Å². The molecule has 0 saturated heterocycles. The number of carbonyl (C=O) groups excluding carboxylic acids is 2. The molecule has 0 fully saturated rings. The van der Waals surface area contributed by atoms with Crippen LogP contribution in [-0.2, 0) is 16.0 Å². The predicted molar refractivity (Wildman–Crippen MR) is 95.1 cm³/mol. The number of esters is 1. The normalized spacial score (nSPS) is 11.2. The molecule has 5 nitrogen and oxygen atoms in total. The van der Waals surface area contributed by atoms with E-state index in [9.17, 15) is 9.59 Å². The van der Waals surface area contributed by atoms with E-state index in [2.05, 4.69) is 0 Å². The first kappa shape index (κ1) is 18.2. The summed E-state index contributed by atoms with van der Waals surface area (Å²) in [5, 5.41) is 8.86. The summed E-state index contributed by atoms with van der Waals surface area (Å²) in [7, 11) is 0. The summed E-state index contributed by atoms with van der Waals surface area (Å²) in [6.45, 7) is 3.89. The van der Waals surface area contributed by atoms with Crippen LogP contribution in [0.25, 0.3) is 0 Å². The second-order valence-electron chi connectivity index (χ2n) is 5.46. The molecule has 0 heterocycles. The zero-order valence-electron chi connectivity index (χ0n) is 14.3. The first-order valence-electron chi connectivity index (χ1n) is 8.10. The monoisotopic (exact) mass is 336 g/mol. The Labute approximate surface area is 147 Å². The van der Waals surface area contributed by atoms with E-state index in [-0.39, 0.29) is 12.3 Å². The van der Waals surface area contributed by atoms with E-state index in [0.29, 0.717) is 17.7 Å². The van der Waals surface area contributed by atoms with Gasteiger partial charge in [-0.25, -0.2) is 4.79 Å². The van der Waals surface area contributed by atoms with Gasteiger partial charge in [-0.05, 0) is 37.6 Å². The summed E-state index contributed by atoms with van der Waals surface area (Å²) in [6, 6.07) is 18.0. The van der Waals surface area contributed by atoms with Gasteiger partial charge in [0.2, 0.25) is 0 Å². The molecule has 0 aliphatic carbocycles. The highest BCUT2D eigenvalue weighted by molar-refractivity contribution is 5.99. The zero-order valence-corrected chi connectivity index (χ0v) is 14.3. The van der Waals surface area contributed by atoms with Crippen LogP contribution in [0.5, 0.6) is 0 Å². The van der Waals surface area contributed by atoms with Gasteiger partial charge in [-0.3, -0.25) is 4.79 Å². The molecule has 25 heavy (non-hydrogen) atoms. The Bertz CT molecular complexity index is 781. The number of benzene rings is 2. The highest BCUT2D eigenvalue weighted by Gasteiger charge is 2.25. The van der Waals surface area contributed by atoms with Gasteiger partial charge < -0.3 is 9.64 Å². The van der Waals surface area contributed by atoms with Crippen LogP contribution in [0.3, 0.4) is 0 Å². The number of para-hydroxylation sites is 1. The molecule has 0 unspecified atom stereocenters. The van der Waals surface area contributed by atoms with E-state index in [1.165, 1.54) is 0 Å². The largest absolute Gasteiger partial charge is 0.449 e. The summed E-state index contributed by atoms with van der Waals surface area (Å²) in [4.78, 5) is 26.6. The lowest BCUT2D eigenvalue weighted by atomic mass is 10.1. The molecule has 0 radical (unpaired) electrons. The molecule has 0 aliphatic heterocycles. The van der Waals surface area contributed by atoms with Crippen molar-refractivity contribution in [1.82, 2.24) is 0 Å². The fourth-order valence-electron chi connectivity index (χ4n) is 2.53. The summed E-state index contributed by atoms with van der Waals surface area (Å²) in [5.74, 6) is -0.893. The summed E-state index contributed by atoms with van der Waals surface area (Å²) < 4.78 is 5.35. The maximum atomic E-state index is 12.6. The lowest BCUT2D eigenvalue weighted by molar-refractivity contribution is -0.126. The molecule has 128 valence electrons. The van der Waals surface area contributed by atoms with Crippen molar-refractivity contribution in [1.29, 1.82) is 5.26 Å². The Morgan fingerprint density at radius 3 is 2.40 bits per heavy atom. The third kappa shape index (κ3) is 4.45. The fourth-order valence-corrected chi connectivity index (χ4v) is 2.53. The first-order chi connectivity index (χ1) is 12.1. The molecule has 2 rings (SSSR count). The van der Waals surface area contributed by atoms with Crippen molar-refractivity contribution in [3.05, 3.63) is 65.7 Å². The second kappa shape index (κ2) is 8.65. The van der Waals surface area contributed by atoms with Gasteiger partial charge in [0.1, 0.15) is 0 Å². The molecule has 2 aromatic carbocycles. The molecule has 5 heteroatoms.